The van der Waals surface area contributed by atoms with Crippen molar-refractivity contribution in [3.8, 4) is 0 Å². The molecule has 1 saturated carbocycles. The number of rotatable bonds is 15. The zero-order valence-corrected chi connectivity index (χ0v) is 36.0. The molecule has 2 fully saturated rings. The highest BCUT2D eigenvalue weighted by Crippen LogP contribution is 2.39. The number of nitrogens with zero attached hydrogens (tertiary/aromatic N) is 1. The van der Waals surface area contributed by atoms with Crippen molar-refractivity contribution in [2.24, 2.45) is 23.3 Å². The number of amides is 4. The van der Waals surface area contributed by atoms with E-state index in [1.807, 2.05) is 44.0 Å². The van der Waals surface area contributed by atoms with Crippen LogP contribution in [0.2, 0.25) is 0 Å². The van der Waals surface area contributed by atoms with Crippen LogP contribution in [0.4, 0.5) is 0 Å². The summed E-state index contributed by atoms with van der Waals surface area (Å²) in [4.78, 5) is 54.6. The Balaban J connectivity index is -0.00000108. The van der Waals surface area contributed by atoms with Crippen molar-refractivity contribution in [1.82, 2.24) is 20.9 Å². The lowest BCUT2D eigenvalue weighted by Crippen LogP contribution is -2.53. The monoisotopic (exact) mass is 805 g/mol. The maximum Gasteiger partial charge on any atom is 0.290 e. The molecule has 1 aliphatic heterocycles. The minimum atomic E-state index is -0.250. The molecule has 0 radical (unpaired) electrons. The fraction of sp³-hybridized carbons (Fsp3) is 0.605. The van der Waals surface area contributed by atoms with E-state index in [1.165, 1.54) is 18.4 Å². The van der Waals surface area contributed by atoms with Crippen molar-refractivity contribution >= 4 is 31.1 Å². The van der Waals surface area contributed by atoms with E-state index >= 15 is 0 Å². The van der Waals surface area contributed by atoms with Crippen molar-refractivity contribution in [2.75, 3.05) is 53.6 Å². The van der Waals surface area contributed by atoms with Gasteiger partial charge in [0.05, 0.1) is 25.0 Å². The number of ether oxygens (including phenoxy) is 1. The van der Waals surface area contributed by atoms with Crippen molar-refractivity contribution in [3.63, 3.8) is 0 Å². The van der Waals surface area contributed by atoms with E-state index in [0.29, 0.717) is 39.3 Å². The first-order valence-corrected chi connectivity index (χ1v) is 19.9. The van der Waals surface area contributed by atoms with E-state index in [1.54, 1.807) is 0 Å². The lowest BCUT2D eigenvalue weighted by molar-refractivity contribution is -0.141. The number of carbonyl (C=O) groups excluding carboxylic acids is 4. The zero-order chi connectivity index (χ0) is 43.9. The van der Waals surface area contributed by atoms with E-state index in [2.05, 4.69) is 97.6 Å². The van der Waals surface area contributed by atoms with E-state index in [4.69, 9.17) is 29.3 Å². The maximum atomic E-state index is 13.6. The second kappa shape index (κ2) is 38.5. The van der Waals surface area contributed by atoms with Crippen LogP contribution in [0.1, 0.15) is 97.1 Å². The van der Waals surface area contributed by atoms with Gasteiger partial charge in [-0.3, -0.25) is 24.0 Å². The van der Waals surface area contributed by atoms with Crippen molar-refractivity contribution in [3.05, 3.63) is 71.8 Å². The number of hydrogen-bond donors (Lipinski definition) is 7. The smallest absolute Gasteiger partial charge is 0.290 e. The fourth-order valence-corrected chi connectivity index (χ4v) is 5.70. The maximum absolute atomic E-state index is 13.6. The summed E-state index contributed by atoms with van der Waals surface area (Å²) in [6, 6.07) is 20.7. The standard InChI is InChI=1S/C28H48N4O3.C9H10.C2H6.2CH3NO.CH2O2.CH4O/c1-6-25(24(14-10-11-15-29-5)27(34)32-16-18-35-19-17-32)31-26(33)23(21-30-28(2,3)4)20-22-12-8-7-9-13-22;1-2-4-8(5-3-1)9-6-7-9;1-2;3*2-1-3;1-2/h7-9,12-13,23-25,29-30H,6,10-11,14-21H2,1-5H3,(H,31,33);1-5,9H,6-7H2;1-2H3;2*1H,(H2,2,3);1H,(H,2,3);2H,1H3/t23?,24?,25-;;;;;;/m1....../s1. The van der Waals surface area contributed by atoms with E-state index in [9.17, 15) is 9.59 Å². The number of primary amides is 2. The van der Waals surface area contributed by atoms with Gasteiger partial charge in [-0.15, -0.1) is 0 Å². The molecule has 9 N–H and O–H groups in total. The van der Waals surface area contributed by atoms with Crippen LogP contribution in [0.15, 0.2) is 60.7 Å². The van der Waals surface area contributed by atoms with Crippen LogP contribution in [0.5, 0.6) is 0 Å². The van der Waals surface area contributed by atoms with Crippen LogP contribution >= 0.6 is 0 Å². The molecule has 0 spiro atoms. The molecule has 1 aliphatic carbocycles. The van der Waals surface area contributed by atoms with Crippen molar-refractivity contribution in [2.45, 2.75) is 104 Å². The molecule has 2 aliphatic rings. The van der Waals surface area contributed by atoms with Gasteiger partial charge in [0.15, 0.2) is 0 Å². The molecule has 3 atom stereocenters. The third-order valence-electron chi connectivity index (χ3n) is 8.51. The van der Waals surface area contributed by atoms with Crippen LogP contribution in [0, 0.1) is 11.8 Å². The van der Waals surface area contributed by atoms with Gasteiger partial charge in [-0.05, 0) is 89.9 Å². The first-order chi connectivity index (χ1) is 27.5. The number of aliphatic hydroxyl groups is 1. The molecular weight excluding hydrogens is 729 g/mol. The van der Waals surface area contributed by atoms with Crippen molar-refractivity contribution in [1.29, 1.82) is 0 Å². The molecule has 1 saturated heterocycles. The SMILES string of the molecule is CC.CC[C@@H](NC(=O)C(CNC(C)(C)C)Cc1ccccc1)C(CCCCNC)C(=O)N1CCOCC1.CO.NC=O.NC=O.O=CO.c1ccc(C2CC2)cc1. The molecule has 326 valence electrons. The van der Waals surface area contributed by atoms with E-state index in [-0.39, 0.29) is 54.5 Å². The average Bonchev–Trinajstić information content (AvgIpc) is 4.08. The number of morpholine rings is 1. The molecule has 14 nitrogen and oxygen atoms in total. The van der Waals surface area contributed by atoms with E-state index < -0.39 is 0 Å². The molecule has 2 aromatic rings. The van der Waals surface area contributed by atoms with Crippen LogP contribution in [-0.2, 0) is 35.1 Å². The van der Waals surface area contributed by atoms with Gasteiger partial charge in [0.25, 0.3) is 6.47 Å². The first kappa shape index (κ1) is 57.0. The second-order valence-corrected chi connectivity index (χ2v) is 13.7. The first-order valence-electron chi connectivity index (χ1n) is 19.9. The Labute approximate surface area is 342 Å². The molecule has 2 unspecified atom stereocenters. The molecule has 4 rings (SSSR count). The number of aliphatic hydroxyl groups excluding tert-OH is 1. The summed E-state index contributed by atoms with van der Waals surface area (Å²) in [7, 11) is 2.95. The molecule has 1 heterocycles. The summed E-state index contributed by atoms with van der Waals surface area (Å²) >= 11 is 0. The Bertz CT molecular complexity index is 1230. The number of carbonyl (C=O) groups is 5. The van der Waals surface area contributed by atoms with Gasteiger partial charge >= 0.3 is 0 Å². The number of hydrogen-bond acceptors (Lipinski definition) is 9. The Morgan fingerprint density at radius 3 is 1.84 bits per heavy atom. The third kappa shape index (κ3) is 30.4. The molecule has 2 aromatic carbocycles. The number of unbranched alkanes of at least 4 members (excludes halogenated alkanes) is 1. The minimum Gasteiger partial charge on any atom is -0.483 e. The summed E-state index contributed by atoms with van der Waals surface area (Å²) < 4.78 is 5.46. The normalized spacial score (nSPS) is 14.1. The second-order valence-electron chi connectivity index (χ2n) is 13.7. The van der Waals surface area contributed by atoms with Crippen LogP contribution in [0.3, 0.4) is 0 Å². The summed E-state index contributed by atoms with van der Waals surface area (Å²) in [5.41, 5.74) is 10.9. The van der Waals surface area contributed by atoms with Gasteiger partial charge in [0, 0.05) is 38.3 Å². The van der Waals surface area contributed by atoms with Crippen LogP contribution < -0.4 is 27.4 Å². The Morgan fingerprint density at radius 1 is 0.912 bits per heavy atom. The van der Waals surface area contributed by atoms with Crippen molar-refractivity contribution < 1.29 is 38.9 Å². The Morgan fingerprint density at radius 2 is 1.40 bits per heavy atom. The highest BCUT2D eigenvalue weighted by molar-refractivity contribution is 5.83. The van der Waals surface area contributed by atoms with E-state index in [0.717, 1.165) is 50.8 Å². The Kier molecular flexibility index (Phi) is 38.5. The number of nitrogens with one attached hydrogen (secondary N) is 3. The Hall–Kier alpha value is -4.37. The number of benzene rings is 2. The van der Waals surface area contributed by atoms with Gasteiger partial charge < -0.3 is 47.3 Å². The van der Waals surface area contributed by atoms with Crippen LogP contribution in [-0.4, -0.2) is 111 Å². The van der Waals surface area contributed by atoms with Gasteiger partial charge in [0.1, 0.15) is 0 Å². The average molecular weight is 805 g/mol. The highest BCUT2D eigenvalue weighted by atomic mass is 16.5. The summed E-state index contributed by atoms with van der Waals surface area (Å²) in [5, 5.41) is 23.9. The highest BCUT2D eigenvalue weighted by Gasteiger charge is 2.33. The lowest BCUT2D eigenvalue weighted by atomic mass is 9.89. The third-order valence-corrected chi connectivity index (χ3v) is 8.51. The molecule has 4 amide bonds. The molecule has 0 aromatic heterocycles. The van der Waals surface area contributed by atoms with Gasteiger partial charge in [-0.2, -0.15) is 0 Å². The largest absolute Gasteiger partial charge is 0.483 e. The molecular formula is C43H76N6O8. The lowest BCUT2D eigenvalue weighted by Gasteiger charge is -2.35. The fourth-order valence-electron chi connectivity index (χ4n) is 5.70. The van der Waals surface area contributed by atoms with Crippen LogP contribution in [0.25, 0.3) is 0 Å². The van der Waals surface area contributed by atoms with Gasteiger partial charge in [-0.25, -0.2) is 0 Å². The molecule has 0 bridgehead atoms. The molecule has 14 heteroatoms. The predicted molar refractivity (Wildman–Crippen MR) is 229 cm³/mol. The summed E-state index contributed by atoms with van der Waals surface area (Å²) in [6.07, 6.45) is 7.45. The van der Waals surface area contributed by atoms with Gasteiger partial charge in [0.2, 0.25) is 24.6 Å². The summed E-state index contributed by atoms with van der Waals surface area (Å²) in [5.74, 6) is 0.650. The van der Waals surface area contributed by atoms with Gasteiger partial charge in [-0.1, -0.05) is 87.9 Å². The number of nitrogens with two attached hydrogens (primary N) is 2. The summed E-state index contributed by atoms with van der Waals surface area (Å²) in [6.45, 7) is 16.1. The quantitative estimate of drug-likeness (QED) is 0.101. The predicted octanol–water partition coefficient (Wildman–Crippen LogP) is 4.10. The molecule has 57 heavy (non-hydrogen) atoms. The minimum absolute atomic E-state index is 0.0208. The zero-order valence-electron chi connectivity index (χ0n) is 36.0. The topological polar surface area (TPSA) is 226 Å². The number of carboxylic acid groups (broad SMARTS) is 1.